The van der Waals surface area contributed by atoms with Crippen LogP contribution in [0.3, 0.4) is 0 Å². The van der Waals surface area contributed by atoms with Crippen molar-refractivity contribution >= 4 is 11.9 Å². The van der Waals surface area contributed by atoms with Crippen LogP contribution in [-0.2, 0) is 14.3 Å². The van der Waals surface area contributed by atoms with Crippen LogP contribution in [0.1, 0.15) is 412 Å². The highest BCUT2D eigenvalue weighted by molar-refractivity contribution is 5.76. The Bertz CT molecular complexity index is 1400. The van der Waals surface area contributed by atoms with Gasteiger partial charge in [-0.15, -0.1) is 0 Å². The molecule has 3 N–H and O–H groups in total. The lowest BCUT2D eigenvalue weighted by molar-refractivity contribution is -0.143. The molecule has 0 spiro atoms. The van der Waals surface area contributed by atoms with Gasteiger partial charge in [0.15, 0.2) is 0 Å². The van der Waals surface area contributed by atoms with Crippen molar-refractivity contribution in [2.45, 2.75) is 424 Å². The number of allylic oxidation sites excluding steroid dienone is 8. The molecular weight excluding hydrogens is 1030 g/mol. The molecule has 0 saturated heterocycles. The molecule has 2 atom stereocenters. The number of amides is 1. The number of esters is 1. The van der Waals surface area contributed by atoms with Gasteiger partial charge in [-0.05, 0) is 89.9 Å². The molecule has 0 bridgehead atoms. The summed E-state index contributed by atoms with van der Waals surface area (Å²) in [5, 5.41) is 23.5. The van der Waals surface area contributed by atoms with E-state index in [4.69, 9.17) is 4.74 Å². The summed E-state index contributed by atoms with van der Waals surface area (Å²) >= 11 is 0. The minimum Gasteiger partial charge on any atom is -0.466 e. The van der Waals surface area contributed by atoms with Gasteiger partial charge in [-0.25, -0.2) is 0 Å². The van der Waals surface area contributed by atoms with Gasteiger partial charge in [-0.1, -0.05) is 358 Å². The number of rotatable bonds is 71. The number of ether oxygens (including phenoxy) is 1. The minimum atomic E-state index is -0.669. The standard InChI is InChI=1S/C78H147NO5/c1-3-5-7-9-11-13-15-17-19-20-21-22-23-27-30-33-36-39-43-46-50-54-58-62-66-70-76(81)75(74-80)79-77(82)71-67-63-59-55-51-47-44-40-37-34-31-28-25-24-26-29-32-35-38-41-45-49-53-57-61-65-69-73-84-78(83)72-68-64-60-56-52-48-42-18-16-14-12-10-8-6-4-2/h12,14,18,24-25,29,32,42,75-76,80-81H,3-11,13,15-17,19-23,26-28,30-31,33-41,43-74H2,1-2H3,(H,79,82)/b14-12-,25-24-,32-29-,42-18-. The summed E-state index contributed by atoms with van der Waals surface area (Å²) in [6, 6.07) is -0.547. The van der Waals surface area contributed by atoms with Gasteiger partial charge in [-0.2, -0.15) is 0 Å². The molecule has 0 radical (unpaired) electrons. The SMILES string of the molecule is CCCCC/C=C\C/C=C\CCCCCCCC(=O)OCCCCCCCCCCC/C=C\C/C=C\CCCCCCCCCCCCCC(=O)NC(CO)C(O)CCCCCCCCCCCCCCCCCCCCCCCCCCC. The smallest absolute Gasteiger partial charge is 0.305 e. The zero-order valence-electron chi connectivity index (χ0n) is 56.6. The van der Waals surface area contributed by atoms with Crippen molar-refractivity contribution in [3.63, 3.8) is 0 Å². The molecule has 0 aliphatic rings. The van der Waals surface area contributed by atoms with Crippen LogP contribution in [0, 0.1) is 0 Å². The zero-order chi connectivity index (χ0) is 60.6. The molecule has 0 aromatic rings. The lowest BCUT2D eigenvalue weighted by atomic mass is 10.0. The van der Waals surface area contributed by atoms with Crippen molar-refractivity contribution in [3.05, 3.63) is 48.6 Å². The van der Waals surface area contributed by atoms with Crippen LogP contribution in [-0.4, -0.2) is 47.4 Å². The van der Waals surface area contributed by atoms with Crippen molar-refractivity contribution < 1.29 is 24.5 Å². The van der Waals surface area contributed by atoms with Crippen molar-refractivity contribution in [2.24, 2.45) is 0 Å². The third-order valence-electron chi connectivity index (χ3n) is 17.6. The maximum absolute atomic E-state index is 12.6. The Balaban J connectivity index is 3.42. The average Bonchev–Trinajstić information content (AvgIpc) is 3.51. The molecule has 494 valence electrons. The van der Waals surface area contributed by atoms with Crippen LogP contribution < -0.4 is 5.32 Å². The van der Waals surface area contributed by atoms with E-state index in [1.807, 2.05) is 0 Å². The fourth-order valence-corrected chi connectivity index (χ4v) is 11.8. The van der Waals surface area contributed by atoms with Crippen LogP contribution in [0.15, 0.2) is 48.6 Å². The predicted molar refractivity (Wildman–Crippen MR) is 370 cm³/mol. The van der Waals surface area contributed by atoms with Gasteiger partial charge in [-0.3, -0.25) is 9.59 Å². The van der Waals surface area contributed by atoms with Gasteiger partial charge < -0.3 is 20.3 Å². The van der Waals surface area contributed by atoms with Gasteiger partial charge in [0.05, 0.1) is 25.4 Å². The second-order valence-corrected chi connectivity index (χ2v) is 26.0. The number of carbonyl (C=O) groups is 2. The molecule has 2 unspecified atom stereocenters. The van der Waals surface area contributed by atoms with Gasteiger partial charge in [0.25, 0.3) is 0 Å². The summed E-state index contributed by atoms with van der Waals surface area (Å²) in [6.07, 6.45) is 96.0. The summed E-state index contributed by atoms with van der Waals surface area (Å²) in [5.74, 6) is -0.0367. The van der Waals surface area contributed by atoms with Gasteiger partial charge in [0.2, 0.25) is 5.91 Å². The molecule has 0 aliphatic heterocycles. The molecule has 6 nitrogen and oxygen atoms in total. The molecule has 0 aliphatic carbocycles. The first-order valence-electron chi connectivity index (χ1n) is 37.9. The number of aliphatic hydroxyl groups is 2. The van der Waals surface area contributed by atoms with E-state index in [1.54, 1.807) is 0 Å². The van der Waals surface area contributed by atoms with Crippen LogP contribution in [0.5, 0.6) is 0 Å². The monoisotopic (exact) mass is 1180 g/mol. The van der Waals surface area contributed by atoms with E-state index in [1.165, 1.54) is 321 Å². The van der Waals surface area contributed by atoms with E-state index in [0.717, 1.165) is 57.8 Å². The average molecular weight is 1180 g/mol. The molecule has 0 heterocycles. The Hall–Kier alpha value is -2.18. The van der Waals surface area contributed by atoms with E-state index in [2.05, 4.69) is 67.8 Å². The van der Waals surface area contributed by atoms with E-state index >= 15 is 0 Å². The molecule has 0 fully saturated rings. The Morgan fingerprint density at radius 3 is 0.929 bits per heavy atom. The second kappa shape index (κ2) is 73.3. The van der Waals surface area contributed by atoms with Crippen molar-refractivity contribution in [3.8, 4) is 0 Å². The Morgan fingerprint density at radius 2 is 0.595 bits per heavy atom. The summed E-state index contributed by atoms with van der Waals surface area (Å²) in [7, 11) is 0. The third kappa shape index (κ3) is 68.9. The highest BCUT2D eigenvalue weighted by Gasteiger charge is 2.20. The van der Waals surface area contributed by atoms with Gasteiger partial charge in [0, 0.05) is 12.8 Å². The molecule has 0 aromatic carbocycles. The van der Waals surface area contributed by atoms with Crippen molar-refractivity contribution in [1.29, 1.82) is 0 Å². The Morgan fingerprint density at radius 1 is 0.333 bits per heavy atom. The number of hydrogen-bond donors (Lipinski definition) is 3. The summed E-state index contributed by atoms with van der Waals surface area (Å²) in [4.78, 5) is 24.6. The van der Waals surface area contributed by atoms with E-state index in [-0.39, 0.29) is 18.5 Å². The first-order chi connectivity index (χ1) is 41.5. The molecule has 0 aromatic heterocycles. The highest BCUT2D eigenvalue weighted by atomic mass is 16.5. The lowest BCUT2D eigenvalue weighted by Gasteiger charge is -2.22. The normalized spacial score (nSPS) is 12.8. The fourth-order valence-electron chi connectivity index (χ4n) is 11.8. The van der Waals surface area contributed by atoms with E-state index in [0.29, 0.717) is 25.9 Å². The quantitative estimate of drug-likeness (QED) is 0.0320. The third-order valence-corrected chi connectivity index (χ3v) is 17.6. The maximum Gasteiger partial charge on any atom is 0.305 e. The van der Waals surface area contributed by atoms with Gasteiger partial charge >= 0.3 is 5.97 Å². The highest BCUT2D eigenvalue weighted by Crippen LogP contribution is 2.19. The number of unbranched alkanes of at least 4 members (excludes halogenated alkanes) is 52. The fraction of sp³-hybridized carbons (Fsp3) is 0.872. The van der Waals surface area contributed by atoms with Crippen LogP contribution >= 0.6 is 0 Å². The van der Waals surface area contributed by atoms with Gasteiger partial charge in [0.1, 0.15) is 0 Å². The van der Waals surface area contributed by atoms with Crippen molar-refractivity contribution in [2.75, 3.05) is 13.2 Å². The van der Waals surface area contributed by atoms with E-state index < -0.39 is 12.1 Å². The van der Waals surface area contributed by atoms with Crippen LogP contribution in [0.25, 0.3) is 0 Å². The summed E-state index contributed by atoms with van der Waals surface area (Å²) in [6.45, 7) is 4.95. The first-order valence-corrected chi connectivity index (χ1v) is 37.9. The Kier molecular flexibility index (Phi) is 71.4. The van der Waals surface area contributed by atoms with Crippen LogP contribution in [0.4, 0.5) is 0 Å². The largest absolute Gasteiger partial charge is 0.466 e. The predicted octanol–water partition coefficient (Wildman–Crippen LogP) is 24.8. The lowest BCUT2D eigenvalue weighted by Crippen LogP contribution is -2.45. The van der Waals surface area contributed by atoms with Crippen LogP contribution in [0.2, 0.25) is 0 Å². The van der Waals surface area contributed by atoms with E-state index in [9.17, 15) is 19.8 Å². The molecule has 84 heavy (non-hydrogen) atoms. The summed E-state index contributed by atoms with van der Waals surface area (Å²) < 4.78 is 5.48. The molecular formula is C78H147NO5. The Labute approximate surface area is 525 Å². The molecule has 0 saturated carbocycles. The number of hydrogen-bond acceptors (Lipinski definition) is 5. The first kappa shape index (κ1) is 81.8. The topological polar surface area (TPSA) is 95.9 Å². The number of carbonyl (C=O) groups excluding carboxylic acids is 2. The molecule has 6 heteroatoms. The number of nitrogens with one attached hydrogen (secondary N) is 1. The number of aliphatic hydroxyl groups excluding tert-OH is 2. The minimum absolute atomic E-state index is 0.00294. The summed E-state index contributed by atoms with van der Waals surface area (Å²) in [5.41, 5.74) is 0. The molecule has 0 rings (SSSR count). The van der Waals surface area contributed by atoms with Crippen molar-refractivity contribution in [1.82, 2.24) is 5.32 Å². The second-order valence-electron chi connectivity index (χ2n) is 26.0. The molecule has 1 amide bonds. The zero-order valence-corrected chi connectivity index (χ0v) is 56.6. The maximum atomic E-state index is 12.6.